The van der Waals surface area contributed by atoms with Crippen LogP contribution in [0.25, 0.3) is 10.9 Å². The summed E-state index contributed by atoms with van der Waals surface area (Å²) < 4.78 is 0. The van der Waals surface area contributed by atoms with Crippen molar-refractivity contribution in [3.8, 4) is 0 Å². The number of nitrogens with one attached hydrogen (secondary N) is 1. The fourth-order valence-corrected chi connectivity index (χ4v) is 3.08. The normalized spacial score (nSPS) is 24.3. The minimum atomic E-state index is -0.364. The number of aromatic amines is 1. The summed E-state index contributed by atoms with van der Waals surface area (Å²) in [7, 11) is 0. The van der Waals surface area contributed by atoms with Gasteiger partial charge in [-0.1, -0.05) is 12.1 Å². The summed E-state index contributed by atoms with van der Waals surface area (Å²) in [6, 6.07) is 5.61. The predicted octanol–water partition coefficient (Wildman–Crippen LogP) is 1.16. The SMILES string of the molecule is O=C(c1cccc2cn[nH]c12)N1CC(O)C2(CC2)C1. The molecule has 1 aromatic heterocycles. The number of hydrogen-bond donors (Lipinski definition) is 2. The Kier molecular flexibility index (Phi) is 2.07. The number of aliphatic hydroxyl groups excluding tert-OH is 1. The lowest BCUT2D eigenvalue weighted by atomic mass is 10.0. The highest BCUT2D eigenvalue weighted by molar-refractivity contribution is 6.05. The van der Waals surface area contributed by atoms with E-state index in [9.17, 15) is 9.90 Å². The number of aliphatic hydroxyl groups is 1. The molecule has 1 spiro atoms. The first-order valence-electron chi connectivity index (χ1n) is 6.59. The number of likely N-dealkylation sites (tertiary alicyclic amines) is 1. The van der Waals surface area contributed by atoms with Gasteiger partial charge in [0, 0.05) is 23.9 Å². The zero-order chi connectivity index (χ0) is 13.0. The molecule has 2 aliphatic rings. The average Bonchev–Trinajstić information content (AvgIpc) is 2.91. The van der Waals surface area contributed by atoms with E-state index in [2.05, 4.69) is 10.2 Å². The van der Waals surface area contributed by atoms with Crippen molar-refractivity contribution in [2.75, 3.05) is 13.1 Å². The van der Waals surface area contributed by atoms with Crippen LogP contribution in [-0.4, -0.2) is 45.3 Å². The third kappa shape index (κ3) is 1.51. The van der Waals surface area contributed by atoms with Gasteiger partial charge in [-0.15, -0.1) is 0 Å². The molecule has 1 aliphatic heterocycles. The summed E-state index contributed by atoms with van der Waals surface area (Å²) in [6.07, 6.45) is 3.42. The van der Waals surface area contributed by atoms with Crippen LogP contribution in [-0.2, 0) is 0 Å². The third-order valence-electron chi connectivity index (χ3n) is 4.49. The Labute approximate surface area is 110 Å². The van der Waals surface area contributed by atoms with Gasteiger partial charge >= 0.3 is 0 Å². The lowest BCUT2D eigenvalue weighted by Crippen LogP contribution is -2.29. The highest BCUT2D eigenvalue weighted by Gasteiger charge is 2.55. The van der Waals surface area contributed by atoms with Gasteiger partial charge in [-0.2, -0.15) is 5.10 Å². The standard InChI is InChI=1S/C14H15N3O2/c18-11-7-17(8-14(11)4-5-14)13(19)10-3-1-2-9-6-15-16-12(9)10/h1-3,6,11,18H,4-5,7-8H2,(H,15,16). The molecule has 5 heteroatoms. The smallest absolute Gasteiger partial charge is 0.256 e. The molecule has 1 saturated heterocycles. The van der Waals surface area contributed by atoms with Gasteiger partial charge in [0.05, 0.1) is 23.4 Å². The lowest BCUT2D eigenvalue weighted by Gasteiger charge is -2.16. The number of hydrogen-bond acceptors (Lipinski definition) is 3. The molecule has 5 nitrogen and oxygen atoms in total. The minimum Gasteiger partial charge on any atom is -0.391 e. The maximum atomic E-state index is 12.6. The van der Waals surface area contributed by atoms with Crippen LogP contribution < -0.4 is 0 Å². The van der Waals surface area contributed by atoms with E-state index in [0.717, 1.165) is 23.7 Å². The van der Waals surface area contributed by atoms with Crippen molar-refractivity contribution in [1.29, 1.82) is 0 Å². The van der Waals surface area contributed by atoms with Crippen LogP contribution in [0, 0.1) is 5.41 Å². The van der Waals surface area contributed by atoms with Crippen LogP contribution in [0.1, 0.15) is 23.2 Å². The summed E-state index contributed by atoms with van der Waals surface area (Å²) >= 11 is 0. The van der Waals surface area contributed by atoms with Crippen LogP contribution in [0.5, 0.6) is 0 Å². The number of carbonyl (C=O) groups excluding carboxylic acids is 1. The zero-order valence-electron chi connectivity index (χ0n) is 10.5. The minimum absolute atomic E-state index is 0.00244. The number of fused-ring (bicyclic) bond motifs is 1. The average molecular weight is 257 g/mol. The first kappa shape index (κ1) is 11.0. The summed E-state index contributed by atoms with van der Waals surface area (Å²) in [6.45, 7) is 1.13. The van der Waals surface area contributed by atoms with E-state index in [1.54, 1.807) is 11.1 Å². The van der Waals surface area contributed by atoms with Crippen LogP contribution in [0.3, 0.4) is 0 Å². The molecule has 2 heterocycles. The number of β-amino-alcohol motifs (C(OH)–C–C–N with tert-alkyl or cyclic N) is 1. The number of nitrogens with zero attached hydrogens (tertiary/aromatic N) is 2. The molecular formula is C14H15N3O2. The van der Waals surface area contributed by atoms with Gasteiger partial charge in [-0.3, -0.25) is 9.89 Å². The van der Waals surface area contributed by atoms with E-state index in [0.29, 0.717) is 18.7 Å². The largest absolute Gasteiger partial charge is 0.391 e. The van der Waals surface area contributed by atoms with E-state index >= 15 is 0 Å². The van der Waals surface area contributed by atoms with Crippen LogP contribution >= 0.6 is 0 Å². The molecule has 1 aliphatic carbocycles. The molecule has 4 rings (SSSR count). The Bertz CT molecular complexity index is 660. The molecule has 2 N–H and O–H groups in total. The van der Waals surface area contributed by atoms with Crippen molar-refractivity contribution in [1.82, 2.24) is 15.1 Å². The quantitative estimate of drug-likeness (QED) is 0.805. The van der Waals surface area contributed by atoms with Gasteiger partial charge < -0.3 is 10.0 Å². The second kappa shape index (κ2) is 3.57. The molecule has 0 radical (unpaired) electrons. The first-order valence-corrected chi connectivity index (χ1v) is 6.59. The molecular weight excluding hydrogens is 242 g/mol. The summed E-state index contributed by atoms with van der Waals surface area (Å²) in [5, 5.41) is 17.8. The van der Waals surface area contributed by atoms with Crippen LogP contribution in [0.15, 0.2) is 24.4 Å². The third-order valence-corrected chi connectivity index (χ3v) is 4.49. The monoisotopic (exact) mass is 257 g/mol. The molecule has 19 heavy (non-hydrogen) atoms. The predicted molar refractivity (Wildman–Crippen MR) is 69.7 cm³/mol. The summed E-state index contributed by atoms with van der Waals surface area (Å²) in [4.78, 5) is 14.4. The second-order valence-electron chi connectivity index (χ2n) is 5.70. The van der Waals surface area contributed by atoms with Gasteiger partial charge in [-0.05, 0) is 18.9 Å². The number of aromatic nitrogens is 2. The van der Waals surface area contributed by atoms with Crippen molar-refractivity contribution in [2.24, 2.45) is 5.41 Å². The van der Waals surface area contributed by atoms with Gasteiger partial charge in [-0.25, -0.2) is 0 Å². The maximum absolute atomic E-state index is 12.6. The first-order chi connectivity index (χ1) is 9.20. The molecule has 98 valence electrons. The molecule has 0 bridgehead atoms. The Morgan fingerprint density at radius 1 is 1.47 bits per heavy atom. The number of rotatable bonds is 1. The van der Waals surface area contributed by atoms with E-state index in [4.69, 9.17) is 0 Å². The van der Waals surface area contributed by atoms with Crippen LogP contribution in [0.2, 0.25) is 0 Å². The Hall–Kier alpha value is -1.88. The Morgan fingerprint density at radius 2 is 2.32 bits per heavy atom. The van der Waals surface area contributed by atoms with Crippen molar-refractivity contribution < 1.29 is 9.90 Å². The summed E-state index contributed by atoms with van der Waals surface area (Å²) in [5.74, 6) is -0.0160. The lowest BCUT2D eigenvalue weighted by molar-refractivity contribution is 0.0766. The van der Waals surface area contributed by atoms with Gasteiger partial charge in [0.2, 0.25) is 0 Å². The number of H-pyrrole nitrogens is 1. The highest BCUT2D eigenvalue weighted by atomic mass is 16.3. The Morgan fingerprint density at radius 3 is 3.05 bits per heavy atom. The molecule has 2 fully saturated rings. The van der Waals surface area contributed by atoms with Crippen molar-refractivity contribution >= 4 is 16.8 Å². The molecule has 2 aromatic rings. The highest BCUT2D eigenvalue weighted by Crippen LogP contribution is 2.52. The van der Waals surface area contributed by atoms with Crippen LogP contribution in [0.4, 0.5) is 0 Å². The molecule has 1 aromatic carbocycles. The molecule has 1 saturated carbocycles. The Balaban J connectivity index is 1.69. The van der Waals surface area contributed by atoms with Crippen molar-refractivity contribution in [3.63, 3.8) is 0 Å². The number of benzene rings is 1. The molecule has 1 amide bonds. The number of amides is 1. The fourth-order valence-electron chi connectivity index (χ4n) is 3.08. The molecule has 1 atom stereocenters. The van der Waals surface area contributed by atoms with E-state index in [-0.39, 0.29) is 17.4 Å². The van der Waals surface area contributed by atoms with Crippen molar-refractivity contribution in [3.05, 3.63) is 30.0 Å². The van der Waals surface area contributed by atoms with Gasteiger partial charge in [0.15, 0.2) is 0 Å². The fraction of sp³-hybridized carbons (Fsp3) is 0.429. The second-order valence-corrected chi connectivity index (χ2v) is 5.70. The van der Waals surface area contributed by atoms with E-state index in [1.165, 1.54) is 0 Å². The zero-order valence-corrected chi connectivity index (χ0v) is 10.5. The molecule has 1 unspecified atom stereocenters. The maximum Gasteiger partial charge on any atom is 0.256 e. The van der Waals surface area contributed by atoms with Gasteiger partial charge in [0.25, 0.3) is 5.91 Å². The van der Waals surface area contributed by atoms with Gasteiger partial charge in [0.1, 0.15) is 0 Å². The number of para-hydroxylation sites is 1. The van der Waals surface area contributed by atoms with E-state index in [1.807, 2.05) is 18.2 Å². The number of carbonyl (C=O) groups is 1. The van der Waals surface area contributed by atoms with Crippen molar-refractivity contribution in [2.45, 2.75) is 18.9 Å². The summed E-state index contributed by atoms with van der Waals surface area (Å²) in [5.41, 5.74) is 1.41. The topological polar surface area (TPSA) is 69.2 Å². The van der Waals surface area contributed by atoms with E-state index < -0.39 is 0 Å².